The first-order valence-electron chi connectivity index (χ1n) is 6.18. The number of piperidine rings is 1. The van der Waals surface area contributed by atoms with Crippen LogP contribution in [0.2, 0.25) is 0 Å². The van der Waals surface area contributed by atoms with Crippen molar-refractivity contribution in [3.05, 3.63) is 11.1 Å². The van der Waals surface area contributed by atoms with Gasteiger partial charge in [-0.25, -0.2) is 4.98 Å². The number of aromatic nitrogens is 1. The monoisotopic (exact) mass is 273 g/mol. The van der Waals surface area contributed by atoms with Gasteiger partial charge in [0, 0.05) is 24.2 Å². The molecule has 2 fully saturated rings. The van der Waals surface area contributed by atoms with Gasteiger partial charge in [0.05, 0.1) is 0 Å². The summed E-state index contributed by atoms with van der Waals surface area (Å²) < 4.78 is 0. The van der Waals surface area contributed by atoms with E-state index < -0.39 is 0 Å². The number of rotatable bonds is 2. The van der Waals surface area contributed by atoms with Crippen LogP contribution in [-0.2, 0) is 6.54 Å². The van der Waals surface area contributed by atoms with Crippen molar-refractivity contribution >= 4 is 28.9 Å². The molecular weight excluding hydrogens is 254 g/mol. The highest BCUT2D eigenvalue weighted by Crippen LogP contribution is 2.47. The largest absolute Gasteiger partial charge is 0.375 e. The second-order valence-electron chi connectivity index (χ2n) is 5.33. The van der Waals surface area contributed by atoms with E-state index >= 15 is 0 Å². The van der Waals surface area contributed by atoms with Crippen molar-refractivity contribution < 1.29 is 0 Å². The molecule has 2 N–H and O–H groups in total. The van der Waals surface area contributed by atoms with E-state index in [2.05, 4.69) is 9.88 Å². The SMILES string of the molecule is Cl.Nc1ncc(CN2CCCC3(CCC3)C2)s1. The normalized spacial score (nSPS) is 23.1. The third kappa shape index (κ3) is 2.75. The molecule has 3 rings (SSSR count). The molecule has 17 heavy (non-hydrogen) atoms. The quantitative estimate of drug-likeness (QED) is 0.901. The Morgan fingerprint density at radius 3 is 2.71 bits per heavy atom. The van der Waals surface area contributed by atoms with Crippen LogP contribution in [0.25, 0.3) is 0 Å². The highest BCUT2D eigenvalue weighted by atomic mass is 35.5. The van der Waals surface area contributed by atoms with Gasteiger partial charge < -0.3 is 5.73 Å². The molecule has 3 nitrogen and oxygen atoms in total. The van der Waals surface area contributed by atoms with Gasteiger partial charge in [0.15, 0.2) is 5.13 Å². The molecule has 1 spiro atoms. The number of anilines is 1. The molecule has 1 aromatic rings. The summed E-state index contributed by atoms with van der Waals surface area (Å²) in [5, 5.41) is 0.699. The van der Waals surface area contributed by atoms with Gasteiger partial charge in [0.1, 0.15) is 0 Å². The second-order valence-corrected chi connectivity index (χ2v) is 6.48. The van der Waals surface area contributed by atoms with Crippen LogP contribution >= 0.6 is 23.7 Å². The summed E-state index contributed by atoms with van der Waals surface area (Å²) in [5.74, 6) is 0. The molecule has 1 saturated carbocycles. The van der Waals surface area contributed by atoms with Crippen molar-refractivity contribution in [3.8, 4) is 0 Å². The predicted molar refractivity (Wildman–Crippen MR) is 74.6 cm³/mol. The standard InChI is InChI=1S/C12H19N3S.ClH/c13-11-14-7-10(16-11)8-15-6-2-5-12(9-15)3-1-4-12;/h7H,1-6,8-9H2,(H2,13,14);1H. The summed E-state index contributed by atoms with van der Waals surface area (Å²) in [6, 6.07) is 0. The van der Waals surface area contributed by atoms with Gasteiger partial charge in [-0.1, -0.05) is 6.42 Å². The first kappa shape index (κ1) is 13.1. The molecule has 2 heterocycles. The molecule has 1 saturated heterocycles. The minimum Gasteiger partial charge on any atom is -0.375 e. The molecule has 0 aromatic carbocycles. The summed E-state index contributed by atoms with van der Waals surface area (Å²) in [6.45, 7) is 3.60. The number of nitrogen functional groups attached to an aromatic ring is 1. The van der Waals surface area contributed by atoms with E-state index in [1.807, 2.05) is 6.20 Å². The van der Waals surface area contributed by atoms with Crippen LogP contribution < -0.4 is 5.73 Å². The Morgan fingerprint density at radius 1 is 1.35 bits per heavy atom. The van der Waals surface area contributed by atoms with Crippen molar-refractivity contribution in [2.45, 2.75) is 38.6 Å². The van der Waals surface area contributed by atoms with Gasteiger partial charge in [-0.3, -0.25) is 4.90 Å². The van der Waals surface area contributed by atoms with Crippen molar-refractivity contribution in [3.63, 3.8) is 0 Å². The van der Waals surface area contributed by atoms with Crippen LogP contribution in [0, 0.1) is 5.41 Å². The third-order valence-electron chi connectivity index (χ3n) is 4.11. The van der Waals surface area contributed by atoms with Crippen LogP contribution in [0.1, 0.15) is 37.0 Å². The Bertz CT molecular complexity index is 376. The van der Waals surface area contributed by atoms with E-state index in [9.17, 15) is 0 Å². The fraction of sp³-hybridized carbons (Fsp3) is 0.750. The van der Waals surface area contributed by atoms with Gasteiger partial charge in [0.2, 0.25) is 0 Å². The van der Waals surface area contributed by atoms with Gasteiger partial charge >= 0.3 is 0 Å². The lowest BCUT2D eigenvalue weighted by atomic mass is 9.64. The minimum atomic E-state index is 0. The molecule has 0 radical (unpaired) electrons. The molecule has 0 bridgehead atoms. The average Bonchev–Trinajstić information content (AvgIpc) is 2.62. The second kappa shape index (κ2) is 5.12. The summed E-state index contributed by atoms with van der Waals surface area (Å²) in [7, 11) is 0. The fourth-order valence-corrected chi connectivity index (χ4v) is 3.87. The highest BCUT2D eigenvalue weighted by molar-refractivity contribution is 7.15. The molecule has 2 aliphatic rings. The van der Waals surface area contributed by atoms with Crippen molar-refractivity contribution in [2.75, 3.05) is 18.8 Å². The zero-order valence-corrected chi connectivity index (χ0v) is 11.7. The van der Waals surface area contributed by atoms with Crippen LogP contribution in [0.4, 0.5) is 5.13 Å². The summed E-state index contributed by atoms with van der Waals surface area (Å²) >= 11 is 1.63. The van der Waals surface area contributed by atoms with Crippen molar-refractivity contribution in [1.82, 2.24) is 9.88 Å². The number of hydrogen-bond donors (Lipinski definition) is 1. The topological polar surface area (TPSA) is 42.1 Å². The van der Waals surface area contributed by atoms with E-state index in [1.54, 1.807) is 11.3 Å². The lowest BCUT2D eigenvalue weighted by Gasteiger charge is -2.49. The number of hydrogen-bond acceptors (Lipinski definition) is 4. The Labute approximate surface area is 113 Å². The van der Waals surface area contributed by atoms with Gasteiger partial charge in [-0.15, -0.1) is 23.7 Å². The lowest BCUT2D eigenvalue weighted by Crippen LogP contribution is -2.46. The van der Waals surface area contributed by atoms with E-state index in [0.29, 0.717) is 10.5 Å². The van der Waals surface area contributed by atoms with E-state index in [1.165, 1.54) is 50.1 Å². The molecule has 1 aliphatic carbocycles. The Hall–Kier alpha value is -0.320. The fourth-order valence-electron chi connectivity index (χ4n) is 3.15. The molecule has 1 aliphatic heterocycles. The Balaban J connectivity index is 0.00000108. The smallest absolute Gasteiger partial charge is 0.180 e. The van der Waals surface area contributed by atoms with Crippen LogP contribution in [0.5, 0.6) is 0 Å². The molecule has 1 aromatic heterocycles. The molecule has 96 valence electrons. The maximum absolute atomic E-state index is 5.66. The first-order chi connectivity index (χ1) is 7.76. The predicted octanol–water partition coefficient (Wildman–Crippen LogP) is 2.91. The van der Waals surface area contributed by atoms with Crippen LogP contribution in [0.3, 0.4) is 0 Å². The van der Waals surface area contributed by atoms with Gasteiger partial charge in [0.25, 0.3) is 0 Å². The molecule has 5 heteroatoms. The third-order valence-corrected chi connectivity index (χ3v) is 4.92. The summed E-state index contributed by atoms with van der Waals surface area (Å²) in [6.07, 6.45) is 9.11. The van der Waals surface area contributed by atoms with Gasteiger partial charge in [-0.05, 0) is 37.6 Å². The zero-order valence-electron chi connectivity index (χ0n) is 10.0. The maximum Gasteiger partial charge on any atom is 0.180 e. The summed E-state index contributed by atoms with van der Waals surface area (Å²) in [5.41, 5.74) is 6.35. The van der Waals surface area contributed by atoms with Crippen LogP contribution in [-0.4, -0.2) is 23.0 Å². The minimum absolute atomic E-state index is 0. The summed E-state index contributed by atoms with van der Waals surface area (Å²) in [4.78, 5) is 8.03. The Morgan fingerprint density at radius 2 is 2.12 bits per heavy atom. The maximum atomic E-state index is 5.66. The molecule has 0 amide bonds. The lowest BCUT2D eigenvalue weighted by molar-refractivity contribution is 0.0170. The zero-order chi connectivity index (χ0) is 11.0. The molecular formula is C12H20ClN3S. The van der Waals surface area contributed by atoms with Crippen LogP contribution in [0.15, 0.2) is 6.20 Å². The number of thiazole rings is 1. The van der Waals surface area contributed by atoms with E-state index in [4.69, 9.17) is 5.73 Å². The number of halogens is 1. The van der Waals surface area contributed by atoms with E-state index in [0.717, 1.165) is 6.54 Å². The number of likely N-dealkylation sites (tertiary alicyclic amines) is 1. The average molecular weight is 274 g/mol. The molecule has 0 atom stereocenters. The first-order valence-corrected chi connectivity index (χ1v) is 7.00. The number of nitrogens with two attached hydrogens (primary N) is 1. The highest BCUT2D eigenvalue weighted by Gasteiger charge is 2.40. The van der Waals surface area contributed by atoms with E-state index in [-0.39, 0.29) is 12.4 Å². The van der Waals surface area contributed by atoms with Crippen molar-refractivity contribution in [1.29, 1.82) is 0 Å². The van der Waals surface area contributed by atoms with Gasteiger partial charge in [-0.2, -0.15) is 0 Å². The Kier molecular flexibility index (Phi) is 3.95. The number of nitrogens with zero attached hydrogens (tertiary/aromatic N) is 2. The molecule has 0 unspecified atom stereocenters. The van der Waals surface area contributed by atoms with Crippen molar-refractivity contribution in [2.24, 2.45) is 5.41 Å².